The van der Waals surface area contributed by atoms with E-state index in [1.807, 2.05) is 6.92 Å². The highest BCUT2D eigenvalue weighted by Gasteiger charge is 2.21. The van der Waals surface area contributed by atoms with Crippen molar-refractivity contribution >= 4 is 19.9 Å². The van der Waals surface area contributed by atoms with Crippen molar-refractivity contribution in [3.63, 3.8) is 0 Å². The summed E-state index contributed by atoms with van der Waals surface area (Å²) in [5.41, 5.74) is -0.435. The maximum atomic E-state index is 10.6. The number of nitrogens with one attached hydrogen (secondary N) is 1. The summed E-state index contributed by atoms with van der Waals surface area (Å²) < 4.78 is 23.5. The zero-order valence-electron chi connectivity index (χ0n) is 7.02. The predicted molar refractivity (Wildman–Crippen MR) is 46.9 cm³/mol. The summed E-state index contributed by atoms with van der Waals surface area (Å²) in [6.07, 6.45) is 1.70. The molecule has 1 N–H and O–H groups in total. The molecule has 5 heteroatoms. The highest BCUT2D eigenvalue weighted by atomic mass is 35.7. The van der Waals surface area contributed by atoms with Crippen molar-refractivity contribution in [1.29, 1.82) is 0 Å². The molecule has 0 heterocycles. The van der Waals surface area contributed by atoms with Crippen molar-refractivity contribution in [2.75, 3.05) is 0 Å². The molecule has 0 aliphatic heterocycles. The number of hydrogen-bond donors (Lipinski definition) is 1. The van der Waals surface area contributed by atoms with Gasteiger partial charge in [-0.3, -0.25) is 0 Å². The normalized spacial score (nSPS) is 13.5. The van der Waals surface area contributed by atoms with Crippen LogP contribution in [-0.2, 0) is 9.24 Å². The highest BCUT2D eigenvalue weighted by Crippen LogP contribution is 2.13. The summed E-state index contributed by atoms with van der Waals surface area (Å²) in [6.45, 7) is 5.59. The van der Waals surface area contributed by atoms with Crippen LogP contribution in [0.25, 0.3) is 0 Å². The lowest BCUT2D eigenvalue weighted by molar-refractivity contribution is 0.422. The molecule has 0 amide bonds. The van der Waals surface area contributed by atoms with Crippen LogP contribution in [0.4, 0.5) is 0 Å². The van der Waals surface area contributed by atoms with Crippen LogP contribution in [0, 0.1) is 0 Å². The Morgan fingerprint density at radius 2 is 1.91 bits per heavy atom. The van der Waals surface area contributed by atoms with Gasteiger partial charge in [0.25, 0.3) is 9.24 Å². The Morgan fingerprint density at radius 3 is 2.18 bits per heavy atom. The minimum Gasteiger partial charge on any atom is -0.196 e. The smallest absolute Gasteiger partial charge is 0.196 e. The Labute approximate surface area is 72.7 Å². The standard InChI is InChI=1S/C6H14ClNO2S/c1-4-5-6(2,3)8-11(7,9)10/h8H,4-5H2,1-3H3. The molecule has 0 atom stereocenters. The fourth-order valence-electron chi connectivity index (χ4n) is 1.01. The molecular weight excluding hydrogens is 186 g/mol. The quantitative estimate of drug-likeness (QED) is 0.700. The third-order valence-corrected chi connectivity index (χ3v) is 2.30. The first-order valence-electron chi connectivity index (χ1n) is 3.50. The third kappa shape index (κ3) is 6.59. The molecule has 0 aliphatic rings. The number of rotatable bonds is 4. The SMILES string of the molecule is CCCC(C)(C)NS(=O)(=O)Cl. The largest absolute Gasteiger partial charge is 0.297 e. The van der Waals surface area contributed by atoms with E-state index in [-0.39, 0.29) is 0 Å². The molecule has 68 valence electrons. The fraction of sp³-hybridized carbons (Fsp3) is 1.00. The first-order chi connectivity index (χ1) is 4.77. The van der Waals surface area contributed by atoms with E-state index in [0.717, 1.165) is 12.8 Å². The molecule has 0 aliphatic carbocycles. The van der Waals surface area contributed by atoms with Gasteiger partial charge in [0.1, 0.15) is 0 Å². The van der Waals surface area contributed by atoms with E-state index in [9.17, 15) is 8.42 Å². The van der Waals surface area contributed by atoms with Crippen LogP contribution in [-0.4, -0.2) is 14.0 Å². The Morgan fingerprint density at radius 1 is 1.45 bits per heavy atom. The summed E-state index contributed by atoms with van der Waals surface area (Å²) in [6, 6.07) is 0. The zero-order chi connectivity index (χ0) is 9.12. The van der Waals surface area contributed by atoms with Crippen molar-refractivity contribution < 1.29 is 8.42 Å². The Kier molecular flexibility index (Phi) is 3.80. The second-order valence-corrected chi connectivity index (χ2v) is 5.47. The predicted octanol–water partition coefficient (Wildman–Crippen LogP) is 1.64. The van der Waals surface area contributed by atoms with Gasteiger partial charge in [0, 0.05) is 16.2 Å². The second-order valence-electron chi connectivity index (χ2n) is 3.17. The lowest BCUT2D eigenvalue weighted by atomic mass is 10.0. The Hall–Kier alpha value is 0.200. The fourth-order valence-corrected chi connectivity index (χ4v) is 2.39. The monoisotopic (exact) mass is 199 g/mol. The summed E-state index contributed by atoms with van der Waals surface area (Å²) in [7, 11) is 1.43. The van der Waals surface area contributed by atoms with E-state index in [1.165, 1.54) is 0 Å². The van der Waals surface area contributed by atoms with Gasteiger partial charge >= 0.3 is 0 Å². The minimum absolute atomic E-state index is 0.435. The van der Waals surface area contributed by atoms with Gasteiger partial charge in [0.2, 0.25) is 0 Å². The number of hydrogen-bond acceptors (Lipinski definition) is 2. The van der Waals surface area contributed by atoms with Gasteiger partial charge < -0.3 is 0 Å². The number of halogens is 1. The van der Waals surface area contributed by atoms with Crippen LogP contribution in [0.3, 0.4) is 0 Å². The summed E-state index contributed by atoms with van der Waals surface area (Å²) in [5.74, 6) is 0. The molecule has 0 unspecified atom stereocenters. The average Bonchev–Trinajstić information content (AvgIpc) is 1.55. The van der Waals surface area contributed by atoms with Crippen LogP contribution in [0.15, 0.2) is 0 Å². The molecule has 0 saturated heterocycles. The van der Waals surface area contributed by atoms with Gasteiger partial charge in [-0.1, -0.05) is 13.3 Å². The zero-order valence-corrected chi connectivity index (χ0v) is 8.59. The van der Waals surface area contributed by atoms with Crippen molar-refractivity contribution in [2.45, 2.75) is 39.2 Å². The van der Waals surface area contributed by atoms with Gasteiger partial charge in [0.15, 0.2) is 0 Å². The molecular formula is C6H14ClNO2S. The minimum atomic E-state index is -3.58. The van der Waals surface area contributed by atoms with E-state index in [0.29, 0.717) is 0 Å². The molecule has 0 rings (SSSR count). The van der Waals surface area contributed by atoms with E-state index in [2.05, 4.69) is 4.72 Å². The molecule has 3 nitrogen and oxygen atoms in total. The van der Waals surface area contributed by atoms with Crippen LogP contribution in [0.1, 0.15) is 33.6 Å². The van der Waals surface area contributed by atoms with Crippen LogP contribution in [0.2, 0.25) is 0 Å². The molecule has 0 aromatic carbocycles. The molecule has 11 heavy (non-hydrogen) atoms. The van der Waals surface area contributed by atoms with Crippen molar-refractivity contribution in [2.24, 2.45) is 0 Å². The van der Waals surface area contributed by atoms with Gasteiger partial charge in [-0.25, -0.2) is 0 Å². The van der Waals surface area contributed by atoms with Gasteiger partial charge in [-0.15, -0.1) is 0 Å². The maximum Gasteiger partial charge on any atom is 0.297 e. The summed E-state index contributed by atoms with van der Waals surface area (Å²) in [4.78, 5) is 0. The lowest BCUT2D eigenvalue weighted by Crippen LogP contribution is -2.40. The van der Waals surface area contributed by atoms with E-state index < -0.39 is 14.8 Å². The molecule has 0 aromatic heterocycles. The topological polar surface area (TPSA) is 46.2 Å². The van der Waals surface area contributed by atoms with E-state index in [1.54, 1.807) is 13.8 Å². The van der Waals surface area contributed by atoms with Crippen molar-refractivity contribution in [3.05, 3.63) is 0 Å². The van der Waals surface area contributed by atoms with E-state index >= 15 is 0 Å². The first-order valence-corrected chi connectivity index (χ1v) is 5.81. The molecule has 0 radical (unpaired) electrons. The molecule has 0 aromatic rings. The van der Waals surface area contributed by atoms with Crippen molar-refractivity contribution in [1.82, 2.24) is 4.72 Å². The van der Waals surface area contributed by atoms with Crippen LogP contribution in [0.5, 0.6) is 0 Å². The Balaban J connectivity index is 4.13. The molecule has 0 saturated carbocycles. The lowest BCUT2D eigenvalue weighted by Gasteiger charge is -2.22. The maximum absolute atomic E-state index is 10.6. The van der Waals surface area contributed by atoms with Gasteiger partial charge in [0.05, 0.1) is 0 Å². The van der Waals surface area contributed by atoms with Gasteiger partial charge in [-0.05, 0) is 20.3 Å². The molecule has 0 fully saturated rings. The second kappa shape index (κ2) is 3.74. The summed E-state index contributed by atoms with van der Waals surface area (Å²) >= 11 is 0. The highest BCUT2D eigenvalue weighted by molar-refractivity contribution is 8.12. The van der Waals surface area contributed by atoms with Crippen LogP contribution >= 0.6 is 10.7 Å². The van der Waals surface area contributed by atoms with Gasteiger partial charge in [-0.2, -0.15) is 13.1 Å². The van der Waals surface area contributed by atoms with E-state index in [4.69, 9.17) is 10.7 Å². The average molecular weight is 200 g/mol. The molecule has 0 spiro atoms. The summed E-state index contributed by atoms with van der Waals surface area (Å²) in [5, 5.41) is 0. The first kappa shape index (κ1) is 11.2. The third-order valence-electron chi connectivity index (χ3n) is 1.27. The van der Waals surface area contributed by atoms with Crippen LogP contribution < -0.4 is 4.72 Å². The molecule has 0 bridgehead atoms. The van der Waals surface area contributed by atoms with Crippen molar-refractivity contribution in [3.8, 4) is 0 Å². The Bertz CT molecular complexity index is 211.